The smallest absolute Gasteiger partial charge is 0.237 e. The van der Waals surface area contributed by atoms with Crippen molar-refractivity contribution in [2.24, 2.45) is 0 Å². The number of aromatic nitrogens is 4. The highest BCUT2D eigenvalue weighted by Crippen LogP contribution is 2.29. The predicted octanol–water partition coefficient (Wildman–Crippen LogP) is 4.60. The first kappa shape index (κ1) is 20.1. The molecule has 0 radical (unpaired) electrons. The third-order valence-corrected chi connectivity index (χ3v) is 5.83. The first-order valence-corrected chi connectivity index (χ1v) is 10.3. The second kappa shape index (κ2) is 9.01. The van der Waals surface area contributed by atoms with Gasteiger partial charge in [0, 0.05) is 5.69 Å². The Hall–Kier alpha value is -2.67. The number of aryl methyl sites for hydroxylation is 1. The number of thioether (sulfide) groups is 1. The highest BCUT2D eigenvalue weighted by Gasteiger charge is 2.21. The van der Waals surface area contributed by atoms with Gasteiger partial charge in [-0.25, -0.2) is 0 Å². The molecule has 3 rings (SSSR count). The molecular weight excluding hydrogens is 370 g/mol. The Labute approximate surface area is 169 Å². The van der Waals surface area contributed by atoms with Crippen LogP contribution < -0.4 is 5.32 Å². The van der Waals surface area contributed by atoms with Crippen LogP contribution in [0.15, 0.2) is 53.7 Å². The molecule has 28 heavy (non-hydrogen) atoms. The zero-order valence-electron chi connectivity index (χ0n) is 16.6. The van der Waals surface area contributed by atoms with Gasteiger partial charge < -0.3 is 5.32 Å². The molecule has 0 aliphatic carbocycles. The van der Waals surface area contributed by atoms with Crippen molar-refractivity contribution in [3.8, 4) is 5.69 Å². The molecule has 1 aromatic heterocycles. The molecule has 0 fully saturated rings. The SMILES string of the molecule is CC[C@@H](C)c1ccccc1NC(=O)[C@H](C)Sc1nnnn1-c1ccccc1C. The van der Waals surface area contributed by atoms with Crippen molar-refractivity contribution in [1.29, 1.82) is 0 Å². The van der Waals surface area contributed by atoms with Crippen LogP contribution in [0.4, 0.5) is 5.69 Å². The minimum absolute atomic E-state index is 0.0694. The van der Waals surface area contributed by atoms with Gasteiger partial charge in [-0.2, -0.15) is 4.68 Å². The van der Waals surface area contributed by atoms with E-state index in [4.69, 9.17) is 0 Å². The first-order valence-electron chi connectivity index (χ1n) is 9.42. The van der Waals surface area contributed by atoms with Crippen LogP contribution >= 0.6 is 11.8 Å². The number of carbonyl (C=O) groups is 1. The van der Waals surface area contributed by atoms with Crippen molar-refractivity contribution in [2.45, 2.75) is 50.4 Å². The maximum absolute atomic E-state index is 12.8. The van der Waals surface area contributed by atoms with Gasteiger partial charge in [0.2, 0.25) is 11.1 Å². The van der Waals surface area contributed by atoms with Gasteiger partial charge in [-0.05, 0) is 59.9 Å². The number of nitrogens with zero attached hydrogens (tertiary/aromatic N) is 4. The summed E-state index contributed by atoms with van der Waals surface area (Å²) >= 11 is 1.34. The van der Waals surface area contributed by atoms with E-state index >= 15 is 0 Å². The topological polar surface area (TPSA) is 72.7 Å². The summed E-state index contributed by atoms with van der Waals surface area (Å²) in [6.07, 6.45) is 1.02. The Kier molecular flexibility index (Phi) is 6.46. The lowest BCUT2D eigenvalue weighted by Crippen LogP contribution is -2.23. The number of carbonyl (C=O) groups excluding carboxylic acids is 1. The summed E-state index contributed by atoms with van der Waals surface area (Å²) in [4.78, 5) is 12.8. The van der Waals surface area contributed by atoms with Gasteiger partial charge in [-0.3, -0.25) is 4.79 Å². The number of para-hydroxylation sites is 2. The summed E-state index contributed by atoms with van der Waals surface area (Å²) in [5.41, 5.74) is 3.99. The van der Waals surface area contributed by atoms with E-state index in [0.29, 0.717) is 11.1 Å². The van der Waals surface area contributed by atoms with E-state index in [0.717, 1.165) is 28.9 Å². The van der Waals surface area contributed by atoms with Gasteiger partial charge in [-0.1, -0.05) is 62.0 Å². The molecule has 2 atom stereocenters. The molecule has 7 heteroatoms. The maximum Gasteiger partial charge on any atom is 0.237 e. The van der Waals surface area contributed by atoms with Crippen molar-refractivity contribution in [2.75, 3.05) is 5.32 Å². The van der Waals surface area contributed by atoms with Crippen LogP contribution in [0.5, 0.6) is 0 Å². The Bertz CT molecular complexity index is 955. The quantitative estimate of drug-likeness (QED) is 0.592. The highest BCUT2D eigenvalue weighted by atomic mass is 32.2. The standard InChI is InChI=1S/C21H25N5OS/c1-5-14(2)17-11-7-8-12-18(17)22-20(27)16(4)28-21-23-24-25-26(21)19-13-9-6-10-15(19)3/h6-14,16H,5H2,1-4H3,(H,22,27)/t14-,16+/m1/s1. The summed E-state index contributed by atoms with van der Waals surface area (Å²) in [7, 11) is 0. The molecule has 1 N–H and O–H groups in total. The fourth-order valence-corrected chi connectivity index (χ4v) is 3.71. The largest absolute Gasteiger partial charge is 0.325 e. The summed E-state index contributed by atoms with van der Waals surface area (Å²) in [5, 5.41) is 15.3. The van der Waals surface area contributed by atoms with E-state index in [1.54, 1.807) is 4.68 Å². The van der Waals surface area contributed by atoms with E-state index < -0.39 is 0 Å². The van der Waals surface area contributed by atoms with Gasteiger partial charge in [0.05, 0.1) is 10.9 Å². The molecule has 3 aromatic rings. The number of benzene rings is 2. The fraction of sp³-hybridized carbons (Fsp3) is 0.333. The van der Waals surface area contributed by atoms with Gasteiger partial charge in [-0.15, -0.1) is 5.10 Å². The third kappa shape index (κ3) is 4.42. The summed E-state index contributed by atoms with van der Waals surface area (Å²) in [6.45, 7) is 8.18. The second-order valence-corrected chi connectivity index (χ2v) is 8.11. The van der Waals surface area contributed by atoms with E-state index in [1.165, 1.54) is 11.8 Å². The molecule has 0 spiro atoms. The van der Waals surface area contributed by atoms with Crippen molar-refractivity contribution >= 4 is 23.4 Å². The Morgan fingerprint density at radius 3 is 2.61 bits per heavy atom. The molecule has 0 aliphatic rings. The number of tetrazole rings is 1. The van der Waals surface area contributed by atoms with Crippen LogP contribution in [0.2, 0.25) is 0 Å². The molecule has 0 saturated carbocycles. The summed E-state index contributed by atoms with van der Waals surface area (Å²) in [5.74, 6) is 0.313. The average Bonchev–Trinajstić information content (AvgIpc) is 3.16. The van der Waals surface area contributed by atoms with E-state index in [1.807, 2.05) is 56.3 Å². The summed E-state index contributed by atoms with van der Waals surface area (Å²) < 4.78 is 1.68. The summed E-state index contributed by atoms with van der Waals surface area (Å²) in [6, 6.07) is 15.9. The van der Waals surface area contributed by atoms with Gasteiger partial charge in [0.1, 0.15) is 0 Å². The highest BCUT2D eigenvalue weighted by molar-refractivity contribution is 8.00. The Balaban J connectivity index is 1.75. The van der Waals surface area contributed by atoms with Crippen LogP contribution in [0.3, 0.4) is 0 Å². The Morgan fingerprint density at radius 1 is 1.14 bits per heavy atom. The van der Waals surface area contributed by atoms with Crippen molar-refractivity contribution in [3.63, 3.8) is 0 Å². The van der Waals surface area contributed by atoms with Crippen LogP contribution in [-0.2, 0) is 4.79 Å². The minimum Gasteiger partial charge on any atom is -0.325 e. The van der Waals surface area contributed by atoms with Gasteiger partial charge >= 0.3 is 0 Å². The lowest BCUT2D eigenvalue weighted by Gasteiger charge is -2.17. The number of amides is 1. The van der Waals surface area contributed by atoms with E-state index in [-0.39, 0.29) is 11.2 Å². The number of anilines is 1. The van der Waals surface area contributed by atoms with Crippen molar-refractivity contribution in [3.05, 3.63) is 59.7 Å². The number of nitrogens with one attached hydrogen (secondary N) is 1. The van der Waals surface area contributed by atoms with Gasteiger partial charge in [0.25, 0.3) is 0 Å². The molecule has 2 aromatic carbocycles. The number of hydrogen-bond acceptors (Lipinski definition) is 5. The predicted molar refractivity (Wildman–Crippen MR) is 113 cm³/mol. The molecular formula is C21H25N5OS. The monoisotopic (exact) mass is 395 g/mol. The molecule has 0 saturated heterocycles. The van der Waals surface area contributed by atoms with Crippen LogP contribution in [0, 0.1) is 6.92 Å². The third-order valence-electron chi connectivity index (χ3n) is 4.80. The van der Waals surface area contributed by atoms with E-state index in [9.17, 15) is 4.79 Å². The molecule has 146 valence electrons. The molecule has 0 aliphatic heterocycles. The number of rotatable bonds is 7. The molecule has 1 heterocycles. The van der Waals surface area contributed by atoms with Crippen molar-refractivity contribution in [1.82, 2.24) is 20.2 Å². The molecule has 1 amide bonds. The number of hydrogen-bond donors (Lipinski definition) is 1. The lowest BCUT2D eigenvalue weighted by atomic mass is 9.97. The van der Waals surface area contributed by atoms with Gasteiger partial charge in [0.15, 0.2) is 0 Å². The average molecular weight is 396 g/mol. The first-order chi connectivity index (χ1) is 13.5. The maximum atomic E-state index is 12.8. The molecule has 6 nitrogen and oxygen atoms in total. The normalized spacial score (nSPS) is 13.1. The Morgan fingerprint density at radius 2 is 1.86 bits per heavy atom. The van der Waals surface area contributed by atoms with E-state index in [2.05, 4.69) is 40.8 Å². The zero-order chi connectivity index (χ0) is 20.1. The molecule has 0 bridgehead atoms. The van der Waals surface area contributed by atoms with Crippen molar-refractivity contribution < 1.29 is 4.79 Å². The lowest BCUT2D eigenvalue weighted by molar-refractivity contribution is -0.115. The minimum atomic E-state index is -0.348. The van der Waals surface area contributed by atoms with Crippen LogP contribution in [0.1, 0.15) is 44.2 Å². The van der Waals surface area contributed by atoms with Crippen LogP contribution in [0.25, 0.3) is 5.69 Å². The zero-order valence-corrected chi connectivity index (χ0v) is 17.4. The fourth-order valence-electron chi connectivity index (χ4n) is 2.91. The molecule has 0 unspecified atom stereocenters. The van der Waals surface area contributed by atoms with Crippen LogP contribution in [-0.4, -0.2) is 31.4 Å². The second-order valence-electron chi connectivity index (χ2n) is 6.81.